The molecule has 0 aliphatic carbocycles. The Bertz CT molecular complexity index is 640. The fourth-order valence-corrected chi connectivity index (χ4v) is 2.96. The minimum absolute atomic E-state index is 0.355. The number of Topliss-reactive ketones (excluding diaryl/α,β-unsaturated/α-hetero) is 1. The number of benzene rings is 1. The van der Waals surface area contributed by atoms with Crippen molar-refractivity contribution in [1.82, 2.24) is 15.1 Å². The molecular weight excluding hydrogens is 266 g/mol. The summed E-state index contributed by atoms with van der Waals surface area (Å²) in [7, 11) is 0. The van der Waals surface area contributed by atoms with Crippen LogP contribution in [-0.2, 0) is 4.79 Å². The molecule has 0 amide bonds. The van der Waals surface area contributed by atoms with Crippen LogP contribution in [0, 0.1) is 6.92 Å². The highest BCUT2D eigenvalue weighted by molar-refractivity contribution is 5.80. The Labute approximate surface area is 124 Å². The van der Waals surface area contributed by atoms with Crippen LogP contribution in [0.3, 0.4) is 0 Å². The van der Waals surface area contributed by atoms with Crippen molar-refractivity contribution in [3.05, 3.63) is 29.5 Å². The highest BCUT2D eigenvalue weighted by Gasteiger charge is 2.18. The van der Waals surface area contributed by atoms with Crippen molar-refractivity contribution in [2.24, 2.45) is 0 Å². The molecule has 1 atom stereocenters. The van der Waals surface area contributed by atoms with E-state index >= 15 is 0 Å². The van der Waals surface area contributed by atoms with E-state index in [0.717, 1.165) is 41.7 Å². The van der Waals surface area contributed by atoms with Gasteiger partial charge in [0.25, 0.3) is 0 Å². The second-order valence-electron chi connectivity index (χ2n) is 5.85. The van der Waals surface area contributed by atoms with Crippen molar-refractivity contribution in [1.29, 1.82) is 0 Å². The van der Waals surface area contributed by atoms with Crippen LogP contribution in [-0.4, -0.2) is 45.6 Å². The van der Waals surface area contributed by atoms with Gasteiger partial charge in [0, 0.05) is 37.9 Å². The van der Waals surface area contributed by atoms with Crippen molar-refractivity contribution in [3.8, 4) is 0 Å². The summed E-state index contributed by atoms with van der Waals surface area (Å²) >= 11 is 0. The smallest absolute Gasteiger partial charge is 0.135 e. The summed E-state index contributed by atoms with van der Waals surface area (Å²) in [5.74, 6) is 0.355. The third-order valence-corrected chi connectivity index (χ3v) is 4.32. The van der Waals surface area contributed by atoms with E-state index in [1.807, 2.05) is 19.1 Å². The lowest BCUT2D eigenvalue weighted by Gasteiger charge is -2.27. The summed E-state index contributed by atoms with van der Waals surface area (Å²) in [6, 6.07) is 4.04. The number of aromatic amines is 1. The molecule has 1 fully saturated rings. The Balaban J connectivity index is 1.64. The molecule has 0 bridgehead atoms. The van der Waals surface area contributed by atoms with Crippen LogP contribution in [0.4, 0.5) is 0 Å². The van der Waals surface area contributed by atoms with E-state index in [-0.39, 0.29) is 0 Å². The molecule has 0 spiro atoms. The molecule has 1 aliphatic heterocycles. The van der Waals surface area contributed by atoms with Gasteiger partial charge in [-0.2, -0.15) is 5.10 Å². The van der Waals surface area contributed by atoms with Gasteiger partial charge in [-0.1, -0.05) is 0 Å². The number of fused-ring (bicyclic) bond motifs is 1. The lowest BCUT2D eigenvalue weighted by molar-refractivity contribution is -0.121. The zero-order valence-electron chi connectivity index (χ0n) is 12.3. The normalized spacial score (nSPS) is 18.3. The maximum Gasteiger partial charge on any atom is 0.135 e. The van der Waals surface area contributed by atoms with Crippen molar-refractivity contribution < 1.29 is 9.90 Å². The van der Waals surface area contributed by atoms with Gasteiger partial charge in [-0.05, 0) is 36.6 Å². The number of carbonyl (C=O) groups excluding carboxylic acids is 1. The molecule has 21 heavy (non-hydrogen) atoms. The molecule has 1 aromatic carbocycles. The second kappa shape index (κ2) is 5.95. The topological polar surface area (TPSA) is 69.2 Å². The van der Waals surface area contributed by atoms with Gasteiger partial charge < -0.3 is 10.0 Å². The molecule has 2 aromatic rings. The van der Waals surface area contributed by atoms with Gasteiger partial charge in [-0.3, -0.25) is 9.89 Å². The number of nitrogens with zero attached hydrogens (tertiary/aromatic N) is 2. The molecule has 2 N–H and O–H groups in total. The number of aryl methyl sites for hydroxylation is 1. The standard InChI is InChI=1S/C16H21N3O2/c1-11-8-15-12(10-17-18-15)9-14(11)16(21)4-7-19-5-2-13(20)3-6-19/h8-10,16,21H,2-7H2,1H3,(H,17,18). The maximum atomic E-state index is 11.2. The molecule has 1 unspecified atom stereocenters. The molecule has 2 heterocycles. The SMILES string of the molecule is Cc1cc2[nH]ncc2cc1C(O)CCN1CCC(=O)CC1. The first kappa shape index (κ1) is 14.2. The Morgan fingerprint density at radius 2 is 2.14 bits per heavy atom. The first-order valence-electron chi connectivity index (χ1n) is 7.49. The van der Waals surface area contributed by atoms with Gasteiger partial charge in [0.1, 0.15) is 5.78 Å². The molecule has 1 saturated heterocycles. The summed E-state index contributed by atoms with van der Waals surface area (Å²) in [6.45, 7) is 4.49. The van der Waals surface area contributed by atoms with Crippen LogP contribution >= 0.6 is 0 Å². The largest absolute Gasteiger partial charge is 0.388 e. The van der Waals surface area contributed by atoms with Crippen LogP contribution < -0.4 is 0 Å². The highest BCUT2D eigenvalue weighted by atomic mass is 16.3. The number of H-pyrrole nitrogens is 1. The number of ketones is 1. The lowest BCUT2D eigenvalue weighted by atomic mass is 9.99. The molecule has 3 rings (SSSR count). The molecule has 112 valence electrons. The number of aliphatic hydroxyl groups is 1. The van der Waals surface area contributed by atoms with Crippen molar-refractivity contribution in [2.75, 3.05) is 19.6 Å². The van der Waals surface area contributed by atoms with Gasteiger partial charge in [-0.25, -0.2) is 0 Å². The molecule has 5 heteroatoms. The average Bonchev–Trinajstić information content (AvgIpc) is 2.92. The minimum atomic E-state index is -0.470. The number of likely N-dealkylation sites (tertiary alicyclic amines) is 1. The summed E-state index contributed by atoms with van der Waals surface area (Å²) in [5.41, 5.74) is 3.04. The van der Waals surface area contributed by atoms with E-state index in [2.05, 4.69) is 15.1 Å². The van der Waals surface area contributed by atoms with Crippen LogP contribution in [0.25, 0.3) is 10.9 Å². The minimum Gasteiger partial charge on any atom is -0.388 e. The van der Waals surface area contributed by atoms with Gasteiger partial charge in [0.15, 0.2) is 0 Å². The van der Waals surface area contributed by atoms with Gasteiger partial charge in [0.05, 0.1) is 17.8 Å². The number of piperidine rings is 1. The fraction of sp³-hybridized carbons (Fsp3) is 0.500. The van der Waals surface area contributed by atoms with Crippen molar-refractivity contribution >= 4 is 16.7 Å². The Morgan fingerprint density at radius 1 is 1.38 bits per heavy atom. The molecule has 0 saturated carbocycles. The van der Waals surface area contributed by atoms with Crippen LogP contribution in [0.1, 0.15) is 36.5 Å². The van der Waals surface area contributed by atoms with Gasteiger partial charge in [-0.15, -0.1) is 0 Å². The molecule has 1 aliphatic rings. The number of hydrogen-bond donors (Lipinski definition) is 2. The van der Waals surface area contributed by atoms with Gasteiger partial charge >= 0.3 is 0 Å². The summed E-state index contributed by atoms with van der Waals surface area (Å²) in [4.78, 5) is 13.5. The first-order chi connectivity index (χ1) is 10.1. The monoisotopic (exact) mass is 287 g/mol. The van der Waals surface area contributed by atoms with E-state index in [9.17, 15) is 9.90 Å². The summed E-state index contributed by atoms with van der Waals surface area (Å²) < 4.78 is 0. The van der Waals surface area contributed by atoms with Crippen LogP contribution in [0.15, 0.2) is 18.3 Å². The van der Waals surface area contributed by atoms with Crippen molar-refractivity contribution in [3.63, 3.8) is 0 Å². The van der Waals surface area contributed by atoms with E-state index < -0.39 is 6.10 Å². The third kappa shape index (κ3) is 3.14. The third-order valence-electron chi connectivity index (χ3n) is 4.32. The number of rotatable bonds is 4. The zero-order chi connectivity index (χ0) is 14.8. The first-order valence-corrected chi connectivity index (χ1v) is 7.49. The predicted molar refractivity (Wildman–Crippen MR) is 81.1 cm³/mol. The van der Waals surface area contributed by atoms with E-state index in [1.54, 1.807) is 6.20 Å². The fourth-order valence-electron chi connectivity index (χ4n) is 2.96. The summed E-state index contributed by atoms with van der Waals surface area (Å²) in [6.07, 6.45) is 3.30. The Hall–Kier alpha value is -1.72. The lowest BCUT2D eigenvalue weighted by Crippen LogP contribution is -2.35. The molecular formula is C16H21N3O2. The average molecular weight is 287 g/mol. The predicted octanol–water partition coefficient (Wildman–Crippen LogP) is 1.96. The van der Waals surface area contributed by atoms with Crippen LogP contribution in [0.2, 0.25) is 0 Å². The zero-order valence-corrected chi connectivity index (χ0v) is 12.3. The summed E-state index contributed by atoms with van der Waals surface area (Å²) in [5, 5.41) is 18.4. The second-order valence-corrected chi connectivity index (χ2v) is 5.85. The number of aliphatic hydroxyl groups excluding tert-OH is 1. The van der Waals surface area contributed by atoms with E-state index in [0.29, 0.717) is 25.0 Å². The number of hydrogen-bond acceptors (Lipinski definition) is 4. The molecule has 1 aromatic heterocycles. The Morgan fingerprint density at radius 3 is 2.90 bits per heavy atom. The molecule has 0 radical (unpaired) electrons. The number of aromatic nitrogens is 2. The van der Waals surface area contributed by atoms with Gasteiger partial charge in [0.2, 0.25) is 0 Å². The number of nitrogens with one attached hydrogen (secondary N) is 1. The quantitative estimate of drug-likeness (QED) is 0.902. The van der Waals surface area contributed by atoms with E-state index in [4.69, 9.17) is 0 Å². The Kier molecular flexibility index (Phi) is 4.03. The van der Waals surface area contributed by atoms with Crippen LogP contribution in [0.5, 0.6) is 0 Å². The molecule has 5 nitrogen and oxygen atoms in total. The maximum absolute atomic E-state index is 11.2. The highest BCUT2D eigenvalue weighted by Crippen LogP contribution is 2.25. The van der Waals surface area contributed by atoms with Crippen molar-refractivity contribution in [2.45, 2.75) is 32.3 Å². The number of carbonyl (C=O) groups is 1. The van der Waals surface area contributed by atoms with E-state index in [1.165, 1.54) is 0 Å².